The summed E-state index contributed by atoms with van der Waals surface area (Å²) >= 11 is 0. The molecule has 2 unspecified atom stereocenters. The van der Waals surface area contributed by atoms with Gasteiger partial charge in [0.1, 0.15) is 0 Å². The topological polar surface area (TPSA) is 29.3 Å². The number of hydrogen-bond donors (Lipinski definition) is 1. The molecule has 1 saturated heterocycles. The highest BCUT2D eigenvalue weighted by atomic mass is 19.2. The van der Waals surface area contributed by atoms with Gasteiger partial charge in [-0.2, -0.15) is 0 Å². The van der Waals surface area contributed by atoms with Crippen LogP contribution in [0.2, 0.25) is 0 Å². The summed E-state index contributed by atoms with van der Waals surface area (Å²) in [6.07, 6.45) is 0.743. The number of halogens is 5. The van der Waals surface area contributed by atoms with Gasteiger partial charge >= 0.3 is 0 Å². The lowest BCUT2D eigenvalue weighted by Crippen LogP contribution is -2.30. The van der Waals surface area contributed by atoms with Gasteiger partial charge in [0, 0.05) is 24.7 Å². The highest BCUT2D eigenvalue weighted by Gasteiger charge is 2.30. The number of nitrogens with two attached hydrogens (primary N) is 1. The molecule has 20 heavy (non-hydrogen) atoms. The maximum Gasteiger partial charge on any atom is 0.200 e. The molecule has 1 aliphatic heterocycles. The molecule has 7 heteroatoms. The van der Waals surface area contributed by atoms with E-state index in [9.17, 15) is 22.0 Å². The van der Waals surface area contributed by atoms with Gasteiger partial charge in [-0.25, -0.2) is 22.0 Å². The highest BCUT2D eigenvalue weighted by molar-refractivity contribution is 5.24. The zero-order valence-corrected chi connectivity index (χ0v) is 10.9. The molecule has 2 N–H and O–H groups in total. The molecule has 1 aliphatic rings. The van der Waals surface area contributed by atoms with Crippen molar-refractivity contribution >= 4 is 0 Å². The van der Waals surface area contributed by atoms with Gasteiger partial charge in [0.15, 0.2) is 23.3 Å². The molecule has 0 saturated carbocycles. The average molecular weight is 294 g/mol. The molecular formula is C13H15F5N2. The standard InChI is InChI=1S/C13H15F5N2/c1-6(19)7-2-3-20(4-7)5-8-9(14)11(16)13(18)12(17)10(8)15/h6-7H,2-5,19H2,1H3. The van der Waals surface area contributed by atoms with E-state index < -0.39 is 34.6 Å². The molecule has 1 aromatic carbocycles. The smallest absolute Gasteiger partial charge is 0.200 e. The van der Waals surface area contributed by atoms with Crippen LogP contribution < -0.4 is 5.73 Å². The van der Waals surface area contributed by atoms with Crippen LogP contribution in [0, 0.1) is 35.0 Å². The van der Waals surface area contributed by atoms with Crippen LogP contribution in [-0.4, -0.2) is 24.0 Å². The Bertz CT molecular complexity index is 489. The molecule has 2 rings (SSSR count). The highest BCUT2D eigenvalue weighted by Crippen LogP contribution is 2.26. The minimum absolute atomic E-state index is 0.0728. The molecule has 0 aliphatic carbocycles. The van der Waals surface area contributed by atoms with Crippen molar-refractivity contribution in [3.05, 3.63) is 34.6 Å². The summed E-state index contributed by atoms with van der Waals surface area (Å²) in [5.41, 5.74) is 4.95. The van der Waals surface area contributed by atoms with E-state index in [-0.39, 0.29) is 18.5 Å². The van der Waals surface area contributed by atoms with Crippen molar-refractivity contribution in [2.45, 2.75) is 25.9 Å². The molecule has 1 heterocycles. The van der Waals surface area contributed by atoms with Gasteiger partial charge < -0.3 is 5.73 Å². The number of rotatable bonds is 3. The van der Waals surface area contributed by atoms with Gasteiger partial charge in [0.2, 0.25) is 5.82 Å². The molecule has 0 aromatic heterocycles. The summed E-state index contributed by atoms with van der Waals surface area (Å²) in [5, 5.41) is 0. The van der Waals surface area contributed by atoms with E-state index in [1.807, 2.05) is 6.92 Å². The third-order valence-electron chi connectivity index (χ3n) is 3.73. The lowest BCUT2D eigenvalue weighted by Gasteiger charge is -2.19. The van der Waals surface area contributed by atoms with Gasteiger partial charge in [-0.15, -0.1) is 0 Å². The van der Waals surface area contributed by atoms with E-state index >= 15 is 0 Å². The van der Waals surface area contributed by atoms with Gasteiger partial charge in [-0.1, -0.05) is 0 Å². The van der Waals surface area contributed by atoms with Crippen LogP contribution in [0.15, 0.2) is 0 Å². The fourth-order valence-corrected chi connectivity index (χ4v) is 2.45. The predicted molar refractivity (Wildman–Crippen MR) is 63.3 cm³/mol. The summed E-state index contributed by atoms with van der Waals surface area (Å²) in [6.45, 7) is 2.52. The summed E-state index contributed by atoms with van der Waals surface area (Å²) in [4.78, 5) is 1.65. The second kappa shape index (κ2) is 5.65. The molecule has 1 aromatic rings. The van der Waals surface area contributed by atoms with Crippen molar-refractivity contribution in [3.63, 3.8) is 0 Å². The van der Waals surface area contributed by atoms with E-state index in [2.05, 4.69) is 0 Å². The number of nitrogens with zero attached hydrogens (tertiary/aromatic N) is 1. The Morgan fingerprint density at radius 2 is 1.55 bits per heavy atom. The first-order chi connectivity index (χ1) is 9.32. The number of hydrogen-bond acceptors (Lipinski definition) is 2. The predicted octanol–water partition coefficient (Wildman–Crippen LogP) is 2.55. The van der Waals surface area contributed by atoms with Gasteiger partial charge in [0.25, 0.3) is 0 Å². The average Bonchev–Trinajstić information content (AvgIpc) is 2.88. The minimum Gasteiger partial charge on any atom is -0.328 e. The summed E-state index contributed by atoms with van der Waals surface area (Å²) in [5.74, 6) is -9.28. The molecule has 0 bridgehead atoms. The minimum atomic E-state index is -2.13. The Morgan fingerprint density at radius 3 is 2.00 bits per heavy atom. The van der Waals surface area contributed by atoms with Crippen molar-refractivity contribution in [2.75, 3.05) is 13.1 Å². The fourth-order valence-electron chi connectivity index (χ4n) is 2.45. The first-order valence-electron chi connectivity index (χ1n) is 6.31. The maximum absolute atomic E-state index is 13.5. The van der Waals surface area contributed by atoms with E-state index in [0.717, 1.165) is 6.42 Å². The second-order valence-corrected chi connectivity index (χ2v) is 5.19. The van der Waals surface area contributed by atoms with Gasteiger partial charge in [-0.05, 0) is 25.8 Å². The molecule has 0 amide bonds. The number of benzene rings is 1. The summed E-state index contributed by atoms with van der Waals surface area (Å²) < 4.78 is 66.2. The lowest BCUT2D eigenvalue weighted by molar-refractivity contribution is 0.287. The third kappa shape index (κ3) is 2.64. The largest absolute Gasteiger partial charge is 0.328 e. The van der Waals surface area contributed by atoms with Gasteiger partial charge in [0.05, 0.1) is 0 Å². The quantitative estimate of drug-likeness (QED) is 0.527. The van der Waals surface area contributed by atoms with Crippen LogP contribution in [-0.2, 0) is 6.54 Å². The molecule has 2 nitrogen and oxygen atoms in total. The van der Waals surface area contributed by atoms with E-state index in [1.54, 1.807) is 4.90 Å². The van der Waals surface area contributed by atoms with Crippen molar-refractivity contribution in [2.24, 2.45) is 11.7 Å². The maximum atomic E-state index is 13.5. The van der Waals surface area contributed by atoms with Crippen molar-refractivity contribution in [3.8, 4) is 0 Å². The van der Waals surface area contributed by atoms with Crippen LogP contribution in [0.1, 0.15) is 18.9 Å². The van der Waals surface area contributed by atoms with Crippen molar-refractivity contribution in [1.82, 2.24) is 4.90 Å². The van der Waals surface area contributed by atoms with Crippen LogP contribution in [0.3, 0.4) is 0 Å². The van der Waals surface area contributed by atoms with Crippen LogP contribution in [0.5, 0.6) is 0 Å². The summed E-state index contributed by atoms with van der Waals surface area (Å²) in [6, 6.07) is -0.0728. The van der Waals surface area contributed by atoms with Crippen molar-refractivity contribution < 1.29 is 22.0 Å². The monoisotopic (exact) mass is 294 g/mol. The molecule has 1 fully saturated rings. The molecular weight excluding hydrogens is 279 g/mol. The number of likely N-dealkylation sites (tertiary alicyclic amines) is 1. The lowest BCUT2D eigenvalue weighted by atomic mass is 10.0. The Hall–Kier alpha value is -1.21. The Labute approximate surface area is 113 Å². The molecule has 2 atom stereocenters. The van der Waals surface area contributed by atoms with Crippen LogP contribution in [0.4, 0.5) is 22.0 Å². The second-order valence-electron chi connectivity index (χ2n) is 5.19. The van der Waals surface area contributed by atoms with Crippen LogP contribution >= 0.6 is 0 Å². The van der Waals surface area contributed by atoms with E-state index in [0.29, 0.717) is 13.1 Å². The van der Waals surface area contributed by atoms with Crippen LogP contribution in [0.25, 0.3) is 0 Å². The first kappa shape index (κ1) is 15.2. The van der Waals surface area contributed by atoms with Crippen molar-refractivity contribution in [1.29, 1.82) is 0 Å². The first-order valence-corrected chi connectivity index (χ1v) is 6.31. The third-order valence-corrected chi connectivity index (χ3v) is 3.73. The summed E-state index contributed by atoms with van der Waals surface area (Å²) in [7, 11) is 0. The Balaban J connectivity index is 2.23. The van der Waals surface area contributed by atoms with E-state index in [1.165, 1.54) is 0 Å². The Morgan fingerprint density at radius 1 is 1.05 bits per heavy atom. The molecule has 0 radical (unpaired) electrons. The van der Waals surface area contributed by atoms with E-state index in [4.69, 9.17) is 5.73 Å². The van der Waals surface area contributed by atoms with Gasteiger partial charge in [-0.3, -0.25) is 4.90 Å². The fraction of sp³-hybridized carbons (Fsp3) is 0.538. The SMILES string of the molecule is CC(N)C1CCN(Cc2c(F)c(F)c(F)c(F)c2F)C1. The zero-order chi connectivity index (χ0) is 15.0. The normalized spacial score (nSPS) is 21.4. The Kier molecular flexibility index (Phi) is 4.29. The zero-order valence-electron chi connectivity index (χ0n) is 10.9. The molecule has 112 valence electrons. The molecule has 0 spiro atoms.